The number of carbonyl (C=O) groups excluding carboxylic acids is 1. The Hall–Kier alpha value is -1.97. The average Bonchev–Trinajstić information content (AvgIpc) is 2.41. The van der Waals surface area contributed by atoms with Crippen molar-refractivity contribution in [3.05, 3.63) is 36.4 Å². The molecule has 1 aromatic carbocycles. The third kappa shape index (κ3) is 4.66. The van der Waals surface area contributed by atoms with Gasteiger partial charge in [0.1, 0.15) is 12.2 Å². The summed E-state index contributed by atoms with van der Waals surface area (Å²) in [5.41, 5.74) is 0.738. The Morgan fingerprint density at radius 3 is 2.84 bits per heavy atom. The van der Waals surface area contributed by atoms with Crippen LogP contribution in [-0.2, 0) is 5.11 Å². The third-order valence-electron chi connectivity index (χ3n) is 2.68. The van der Waals surface area contributed by atoms with E-state index in [1.54, 1.807) is 18.2 Å². The van der Waals surface area contributed by atoms with Gasteiger partial charge in [0.15, 0.2) is 5.75 Å². The lowest BCUT2D eigenvalue weighted by molar-refractivity contribution is 0.0569. The Morgan fingerprint density at radius 2 is 2.21 bits per heavy atom. The summed E-state index contributed by atoms with van der Waals surface area (Å²) in [4.78, 5) is 11.1. The average molecular weight is 262 g/mol. The van der Waals surface area contributed by atoms with Gasteiger partial charge in [-0.1, -0.05) is 38.5 Å². The van der Waals surface area contributed by atoms with E-state index in [9.17, 15) is 9.90 Å². The summed E-state index contributed by atoms with van der Waals surface area (Å²) in [6, 6.07) is 4.95. The van der Waals surface area contributed by atoms with Crippen molar-refractivity contribution in [2.24, 2.45) is 0 Å². The normalized spacial score (nSPS) is 9.95. The molecule has 0 aliphatic heterocycles. The van der Waals surface area contributed by atoms with E-state index < -0.39 is 5.97 Å². The second-order valence-corrected chi connectivity index (χ2v) is 4.20. The van der Waals surface area contributed by atoms with Crippen LogP contribution in [0.4, 0.5) is 5.69 Å². The first-order chi connectivity index (χ1) is 9.20. The number of hydrogen-bond donors (Lipinski definition) is 1. The first kappa shape index (κ1) is 15.1. The zero-order valence-electron chi connectivity index (χ0n) is 11.3. The van der Waals surface area contributed by atoms with Crippen LogP contribution < -0.4 is 10.1 Å². The van der Waals surface area contributed by atoms with Gasteiger partial charge >= 0.3 is 5.97 Å². The molecule has 0 aliphatic carbocycles. The van der Waals surface area contributed by atoms with Gasteiger partial charge in [-0.3, -0.25) is 0 Å². The van der Waals surface area contributed by atoms with Crippen LogP contribution >= 0.6 is 0 Å². The van der Waals surface area contributed by atoms with Gasteiger partial charge in [0.25, 0.3) is 0 Å². The second-order valence-electron chi connectivity index (χ2n) is 4.20. The molecule has 0 saturated carbocycles. The zero-order chi connectivity index (χ0) is 14.1. The smallest absolute Gasteiger partial charge is 0.390 e. The fourth-order valence-electron chi connectivity index (χ4n) is 1.73. The minimum atomic E-state index is -1.24. The largest absolute Gasteiger partial charge is 0.486 e. The van der Waals surface area contributed by atoms with Crippen LogP contribution in [0.25, 0.3) is 0 Å². The summed E-state index contributed by atoms with van der Waals surface area (Å²) < 4.78 is 5.43. The molecule has 0 aliphatic rings. The minimum absolute atomic E-state index is 0.0577. The van der Waals surface area contributed by atoms with E-state index in [1.807, 2.05) is 0 Å². The van der Waals surface area contributed by atoms with Gasteiger partial charge in [-0.2, -0.15) is 0 Å². The van der Waals surface area contributed by atoms with Gasteiger partial charge in [-0.15, -0.1) is 0 Å². The van der Waals surface area contributed by atoms with E-state index in [1.165, 1.54) is 6.07 Å². The number of nitrogens with one attached hydrogen (secondary N) is 1. The maximum Gasteiger partial charge on any atom is 0.390 e. The van der Waals surface area contributed by atoms with Gasteiger partial charge in [0, 0.05) is 6.54 Å². The van der Waals surface area contributed by atoms with Crippen LogP contribution in [0.1, 0.15) is 36.5 Å². The Kier molecular flexibility index (Phi) is 6.50. The van der Waals surface area contributed by atoms with Crippen molar-refractivity contribution in [1.82, 2.24) is 0 Å². The van der Waals surface area contributed by atoms with E-state index in [0.29, 0.717) is 11.4 Å². The number of rotatable bonds is 9. The molecule has 0 aromatic heterocycles. The van der Waals surface area contributed by atoms with Crippen LogP contribution in [0, 0.1) is 0 Å². The molecule has 0 atom stereocenters. The van der Waals surface area contributed by atoms with Gasteiger partial charge in [0.05, 0.1) is 5.69 Å². The van der Waals surface area contributed by atoms with Crippen molar-refractivity contribution < 1.29 is 14.6 Å². The molecule has 19 heavy (non-hydrogen) atoms. The number of ether oxygens (including phenoxy) is 1. The molecule has 4 heteroatoms. The third-order valence-corrected chi connectivity index (χ3v) is 2.68. The molecule has 0 fully saturated rings. The van der Waals surface area contributed by atoms with Crippen molar-refractivity contribution >= 4 is 11.7 Å². The van der Waals surface area contributed by atoms with Crippen molar-refractivity contribution in [3.63, 3.8) is 0 Å². The second kappa shape index (κ2) is 8.19. The predicted octanol–water partition coefficient (Wildman–Crippen LogP) is 3.42. The van der Waals surface area contributed by atoms with E-state index in [2.05, 4.69) is 18.8 Å². The molecule has 0 amide bonds. The van der Waals surface area contributed by atoms with Crippen LogP contribution in [-0.4, -0.2) is 19.1 Å². The maximum absolute atomic E-state index is 11.1. The van der Waals surface area contributed by atoms with E-state index in [4.69, 9.17) is 4.74 Å². The molecular weight excluding hydrogens is 242 g/mol. The molecule has 1 rings (SSSR count). The standard InChI is InChI=1S/C15H20NO3/c1-3-5-6-10-16-13-9-7-8-12(15(17)18)14(13)19-11-4-2/h4,7-9,16H,2-3,5-6,10-11H2,1H3. The number of benzene rings is 1. The highest BCUT2D eigenvalue weighted by atomic mass is 16.5. The molecule has 0 bridgehead atoms. The Bertz CT molecular complexity index is 429. The van der Waals surface area contributed by atoms with Gasteiger partial charge in [-0.25, -0.2) is 9.90 Å². The lowest BCUT2D eigenvalue weighted by atomic mass is 10.1. The number of unbranched alkanes of at least 4 members (excludes halogenated alkanes) is 2. The topological polar surface area (TPSA) is 58.2 Å². The summed E-state index contributed by atoms with van der Waals surface area (Å²) in [5.74, 6) is -0.921. The molecule has 1 radical (unpaired) electrons. The zero-order valence-corrected chi connectivity index (χ0v) is 11.3. The van der Waals surface area contributed by atoms with Crippen molar-refractivity contribution in [2.45, 2.75) is 26.2 Å². The van der Waals surface area contributed by atoms with Crippen LogP contribution in [0.15, 0.2) is 30.9 Å². The highest BCUT2D eigenvalue weighted by molar-refractivity contribution is 5.93. The highest BCUT2D eigenvalue weighted by Crippen LogP contribution is 2.29. The summed E-state index contributed by atoms with van der Waals surface area (Å²) in [5, 5.41) is 14.3. The van der Waals surface area contributed by atoms with Gasteiger partial charge in [-0.05, 0) is 18.6 Å². The number of para-hydroxylation sites is 1. The summed E-state index contributed by atoms with van der Waals surface area (Å²) in [6.45, 7) is 6.74. The minimum Gasteiger partial charge on any atom is -0.486 e. The molecule has 1 aromatic rings. The van der Waals surface area contributed by atoms with Crippen molar-refractivity contribution in [1.29, 1.82) is 0 Å². The fourth-order valence-corrected chi connectivity index (χ4v) is 1.73. The highest BCUT2D eigenvalue weighted by Gasteiger charge is 2.16. The Morgan fingerprint density at radius 1 is 1.42 bits per heavy atom. The first-order valence-corrected chi connectivity index (χ1v) is 6.52. The summed E-state index contributed by atoms with van der Waals surface area (Å²) >= 11 is 0. The van der Waals surface area contributed by atoms with Crippen LogP contribution in [0.2, 0.25) is 0 Å². The number of carbonyl (C=O) groups is 1. The molecule has 0 spiro atoms. The molecule has 0 unspecified atom stereocenters. The van der Waals surface area contributed by atoms with Gasteiger partial charge < -0.3 is 10.1 Å². The van der Waals surface area contributed by atoms with Crippen LogP contribution in [0.3, 0.4) is 0 Å². The lowest BCUT2D eigenvalue weighted by Crippen LogP contribution is -2.08. The monoisotopic (exact) mass is 262 g/mol. The molecule has 0 saturated heterocycles. The van der Waals surface area contributed by atoms with E-state index in [0.717, 1.165) is 25.8 Å². The number of hydrogen-bond acceptors (Lipinski definition) is 3. The molecule has 1 N–H and O–H groups in total. The van der Waals surface area contributed by atoms with Gasteiger partial charge in [0.2, 0.25) is 0 Å². The lowest BCUT2D eigenvalue weighted by Gasteiger charge is -2.14. The summed E-state index contributed by atoms with van der Waals surface area (Å²) in [6.07, 6.45) is 4.89. The van der Waals surface area contributed by atoms with Crippen molar-refractivity contribution in [2.75, 3.05) is 18.5 Å². The SMILES string of the molecule is C=CCOc1c(NCCCCC)cccc1C([O])=O. The molecular formula is C15H20NO3. The van der Waals surface area contributed by atoms with Crippen LogP contribution in [0.5, 0.6) is 5.75 Å². The molecule has 4 nitrogen and oxygen atoms in total. The quantitative estimate of drug-likeness (QED) is 0.548. The Balaban J connectivity index is 2.84. The Labute approximate surface area is 114 Å². The fraction of sp³-hybridized carbons (Fsp3) is 0.400. The maximum atomic E-state index is 11.1. The predicted molar refractivity (Wildman–Crippen MR) is 75.2 cm³/mol. The summed E-state index contributed by atoms with van der Waals surface area (Å²) in [7, 11) is 0. The number of anilines is 1. The van der Waals surface area contributed by atoms with E-state index in [-0.39, 0.29) is 12.2 Å². The first-order valence-electron chi connectivity index (χ1n) is 6.52. The molecule has 0 heterocycles. The van der Waals surface area contributed by atoms with Crippen molar-refractivity contribution in [3.8, 4) is 5.75 Å². The van der Waals surface area contributed by atoms with E-state index >= 15 is 0 Å². The molecule has 103 valence electrons.